The molecule has 0 bridgehead atoms. The predicted molar refractivity (Wildman–Crippen MR) is 122 cm³/mol. The zero-order chi connectivity index (χ0) is 23.4. The molecule has 0 aliphatic rings. The summed E-state index contributed by atoms with van der Waals surface area (Å²) in [4.78, 5) is 23.6. The van der Waals surface area contributed by atoms with Gasteiger partial charge in [-0.1, -0.05) is 60.7 Å². The Bertz CT molecular complexity index is 1370. The number of nitrogens with zero attached hydrogens (tertiary/aromatic N) is 2. The Labute approximate surface area is 188 Å². The van der Waals surface area contributed by atoms with Gasteiger partial charge in [0.05, 0.1) is 12.0 Å². The molecule has 0 aliphatic heterocycles. The second kappa shape index (κ2) is 9.08. The number of ether oxygens (including phenoxy) is 1. The van der Waals surface area contributed by atoms with E-state index >= 15 is 0 Å². The molecule has 0 saturated heterocycles. The van der Waals surface area contributed by atoms with E-state index in [1.54, 1.807) is 0 Å². The molecule has 0 unspecified atom stereocenters. The van der Waals surface area contributed by atoms with Gasteiger partial charge in [0.25, 0.3) is 5.91 Å². The quantitative estimate of drug-likeness (QED) is 0.306. The zero-order valence-electron chi connectivity index (χ0n) is 17.4. The molecule has 0 aliphatic carbocycles. The van der Waals surface area contributed by atoms with E-state index in [9.17, 15) is 20.2 Å². The van der Waals surface area contributed by atoms with Gasteiger partial charge in [-0.25, -0.2) is 0 Å². The van der Waals surface area contributed by atoms with Crippen molar-refractivity contribution < 1.29 is 18.9 Å². The third-order valence-corrected chi connectivity index (χ3v) is 4.98. The van der Waals surface area contributed by atoms with Gasteiger partial charge in [0, 0.05) is 22.8 Å². The SMILES string of the molecule is COc1ccc(C(=O)Nc2oc(-c3ccccc3)c(-c3ccccc3)c2C#N)cc1[N+](=O)[O-]. The van der Waals surface area contributed by atoms with Crippen molar-refractivity contribution in [3.63, 3.8) is 0 Å². The van der Waals surface area contributed by atoms with Crippen molar-refractivity contribution in [2.45, 2.75) is 0 Å². The highest BCUT2D eigenvalue weighted by Crippen LogP contribution is 2.41. The molecule has 0 spiro atoms. The molecule has 33 heavy (non-hydrogen) atoms. The minimum Gasteiger partial charge on any atom is -0.490 e. The van der Waals surface area contributed by atoms with Crippen molar-refractivity contribution in [2.24, 2.45) is 0 Å². The number of carbonyl (C=O) groups is 1. The smallest absolute Gasteiger partial charge is 0.311 e. The normalized spacial score (nSPS) is 10.3. The second-order valence-electron chi connectivity index (χ2n) is 6.95. The lowest BCUT2D eigenvalue weighted by Crippen LogP contribution is -2.12. The number of benzene rings is 3. The number of furan rings is 1. The first-order valence-electron chi connectivity index (χ1n) is 9.85. The lowest BCUT2D eigenvalue weighted by molar-refractivity contribution is -0.385. The number of amides is 1. The molecule has 1 heterocycles. The number of carbonyl (C=O) groups excluding carboxylic acids is 1. The average Bonchev–Trinajstić information content (AvgIpc) is 3.22. The van der Waals surface area contributed by atoms with E-state index in [0.717, 1.165) is 17.2 Å². The van der Waals surface area contributed by atoms with Crippen LogP contribution in [-0.4, -0.2) is 17.9 Å². The highest BCUT2D eigenvalue weighted by Gasteiger charge is 2.25. The highest BCUT2D eigenvalue weighted by atomic mass is 16.6. The summed E-state index contributed by atoms with van der Waals surface area (Å²) in [5, 5.41) is 23.8. The van der Waals surface area contributed by atoms with Gasteiger partial charge >= 0.3 is 5.69 Å². The van der Waals surface area contributed by atoms with Gasteiger partial charge < -0.3 is 9.15 Å². The fourth-order valence-electron chi connectivity index (χ4n) is 3.45. The number of anilines is 1. The molecule has 4 rings (SSSR count). The van der Waals surface area contributed by atoms with Crippen LogP contribution in [0.15, 0.2) is 83.3 Å². The summed E-state index contributed by atoms with van der Waals surface area (Å²) in [6, 6.07) is 24.4. The Morgan fingerprint density at radius 3 is 2.24 bits per heavy atom. The van der Waals surface area contributed by atoms with Crippen molar-refractivity contribution in [2.75, 3.05) is 12.4 Å². The third-order valence-electron chi connectivity index (χ3n) is 4.98. The van der Waals surface area contributed by atoms with Crippen LogP contribution in [0.25, 0.3) is 22.5 Å². The highest BCUT2D eigenvalue weighted by molar-refractivity contribution is 6.06. The minimum atomic E-state index is -0.662. The molecule has 162 valence electrons. The van der Waals surface area contributed by atoms with Crippen LogP contribution in [0.2, 0.25) is 0 Å². The maximum Gasteiger partial charge on any atom is 0.311 e. The van der Waals surface area contributed by atoms with E-state index < -0.39 is 10.8 Å². The topological polar surface area (TPSA) is 118 Å². The number of methoxy groups -OCH3 is 1. The summed E-state index contributed by atoms with van der Waals surface area (Å²) in [5.41, 5.74) is 1.84. The molecule has 1 aromatic heterocycles. The number of hydrogen-bond acceptors (Lipinski definition) is 6. The summed E-state index contributed by atoms with van der Waals surface area (Å²) in [5.74, 6) is -0.247. The van der Waals surface area contributed by atoms with Gasteiger partial charge in [-0.05, 0) is 17.7 Å². The number of nitro groups is 1. The molecule has 0 fully saturated rings. The van der Waals surface area contributed by atoms with Crippen LogP contribution in [0.5, 0.6) is 5.75 Å². The molecule has 0 saturated carbocycles. The minimum absolute atomic E-state index is 0.0188. The number of rotatable bonds is 6. The molecular weight excluding hydrogens is 422 g/mol. The van der Waals surface area contributed by atoms with Gasteiger partial charge in [-0.3, -0.25) is 20.2 Å². The van der Waals surface area contributed by atoms with Crippen molar-refractivity contribution in [1.29, 1.82) is 5.26 Å². The first kappa shape index (κ1) is 21.3. The van der Waals surface area contributed by atoms with Crippen LogP contribution in [0.4, 0.5) is 11.6 Å². The van der Waals surface area contributed by atoms with E-state index in [1.165, 1.54) is 19.2 Å². The largest absolute Gasteiger partial charge is 0.490 e. The van der Waals surface area contributed by atoms with Crippen LogP contribution in [0.3, 0.4) is 0 Å². The van der Waals surface area contributed by atoms with E-state index in [1.807, 2.05) is 60.7 Å². The molecule has 1 N–H and O–H groups in total. The first-order valence-corrected chi connectivity index (χ1v) is 9.85. The fourth-order valence-corrected chi connectivity index (χ4v) is 3.45. The molecule has 0 radical (unpaired) electrons. The summed E-state index contributed by atoms with van der Waals surface area (Å²) in [6.07, 6.45) is 0. The van der Waals surface area contributed by atoms with Crippen LogP contribution in [0.1, 0.15) is 15.9 Å². The third kappa shape index (κ3) is 4.16. The van der Waals surface area contributed by atoms with Crippen LogP contribution in [-0.2, 0) is 0 Å². The van der Waals surface area contributed by atoms with E-state index in [-0.39, 0.29) is 28.4 Å². The average molecular weight is 439 g/mol. The maximum atomic E-state index is 12.9. The van der Waals surface area contributed by atoms with Crippen LogP contribution in [0, 0.1) is 21.4 Å². The molecule has 8 nitrogen and oxygen atoms in total. The summed E-state index contributed by atoms with van der Waals surface area (Å²) in [6.45, 7) is 0. The second-order valence-corrected chi connectivity index (χ2v) is 6.95. The van der Waals surface area contributed by atoms with Gasteiger partial charge in [0.1, 0.15) is 17.4 Å². The number of nitrogens with one attached hydrogen (secondary N) is 1. The van der Waals surface area contributed by atoms with E-state index in [2.05, 4.69) is 11.4 Å². The molecule has 0 atom stereocenters. The number of hydrogen-bond donors (Lipinski definition) is 1. The molecule has 4 aromatic rings. The zero-order valence-corrected chi connectivity index (χ0v) is 17.4. The Morgan fingerprint density at radius 1 is 1.03 bits per heavy atom. The standard InChI is InChI=1S/C25H17N3O5/c1-32-21-13-12-18(14-20(21)28(30)31)24(29)27-25-19(15-26)22(16-8-4-2-5-9-16)23(33-25)17-10-6-3-7-11-17/h2-14H,1H3,(H,27,29). The Balaban J connectivity index is 1.80. The lowest BCUT2D eigenvalue weighted by atomic mass is 9.98. The van der Waals surface area contributed by atoms with Crippen LogP contribution >= 0.6 is 0 Å². The fraction of sp³-hybridized carbons (Fsp3) is 0.0400. The molecule has 3 aromatic carbocycles. The Morgan fingerprint density at radius 2 is 1.67 bits per heavy atom. The monoisotopic (exact) mass is 439 g/mol. The van der Waals surface area contributed by atoms with Crippen molar-refractivity contribution in [3.8, 4) is 34.3 Å². The van der Waals surface area contributed by atoms with E-state index in [0.29, 0.717) is 11.3 Å². The lowest BCUT2D eigenvalue weighted by Gasteiger charge is -2.05. The molecular formula is C25H17N3O5. The maximum absolute atomic E-state index is 12.9. The Hall–Kier alpha value is -4.90. The Kier molecular flexibility index (Phi) is 5.87. The predicted octanol–water partition coefficient (Wildman–Crippen LogP) is 5.65. The van der Waals surface area contributed by atoms with Crippen molar-refractivity contribution >= 4 is 17.5 Å². The van der Waals surface area contributed by atoms with Gasteiger partial charge in [-0.15, -0.1) is 0 Å². The number of nitriles is 1. The van der Waals surface area contributed by atoms with Gasteiger partial charge in [0.2, 0.25) is 5.88 Å². The summed E-state index contributed by atoms with van der Waals surface area (Å²) < 4.78 is 11.0. The summed E-state index contributed by atoms with van der Waals surface area (Å²) in [7, 11) is 1.31. The van der Waals surface area contributed by atoms with Crippen molar-refractivity contribution in [3.05, 3.63) is 100 Å². The van der Waals surface area contributed by atoms with Crippen molar-refractivity contribution in [1.82, 2.24) is 0 Å². The van der Waals surface area contributed by atoms with Gasteiger partial charge in [0.15, 0.2) is 5.75 Å². The molecule has 8 heteroatoms. The molecule has 1 amide bonds. The van der Waals surface area contributed by atoms with Gasteiger partial charge in [-0.2, -0.15) is 5.26 Å². The first-order chi connectivity index (χ1) is 16.0. The van der Waals surface area contributed by atoms with E-state index in [4.69, 9.17) is 9.15 Å². The summed E-state index contributed by atoms with van der Waals surface area (Å²) >= 11 is 0. The van der Waals surface area contributed by atoms with Crippen LogP contribution < -0.4 is 10.1 Å². The number of nitro benzene ring substituents is 1.